The second kappa shape index (κ2) is 6.87. The molecule has 0 aromatic rings. The summed E-state index contributed by atoms with van der Waals surface area (Å²) in [7, 11) is 2.03. The molecule has 0 radical (unpaired) electrons. The summed E-state index contributed by atoms with van der Waals surface area (Å²) in [6.45, 7) is 9.10. The van der Waals surface area contributed by atoms with Crippen molar-refractivity contribution < 1.29 is 15.9 Å². The Bertz CT molecular complexity index is 328. The molecule has 0 aliphatic heterocycles. The van der Waals surface area contributed by atoms with Crippen molar-refractivity contribution in [2.24, 2.45) is 5.41 Å². The molecular formula is C13H19CrN. The van der Waals surface area contributed by atoms with Crippen molar-refractivity contribution in [2.45, 2.75) is 34.1 Å². The van der Waals surface area contributed by atoms with Crippen molar-refractivity contribution in [1.29, 1.82) is 0 Å². The van der Waals surface area contributed by atoms with Crippen LogP contribution in [0.1, 0.15) is 34.1 Å². The molecule has 0 atom stereocenters. The Morgan fingerprint density at radius 1 is 1.33 bits per heavy atom. The molecule has 0 aromatic carbocycles. The molecule has 0 saturated carbocycles. The van der Waals surface area contributed by atoms with Crippen molar-refractivity contribution in [3.63, 3.8) is 0 Å². The van der Waals surface area contributed by atoms with E-state index in [4.69, 9.17) is 0 Å². The van der Waals surface area contributed by atoms with E-state index in [1.54, 1.807) is 0 Å². The number of nitrogens with zero attached hydrogens (tertiary/aromatic N) is 1. The molecule has 1 nitrogen and oxygen atoms in total. The second-order valence-electron chi connectivity index (χ2n) is 4.40. The molecular weight excluding hydrogens is 222 g/mol. The Morgan fingerprint density at radius 2 is 1.93 bits per heavy atom. The molecule has 0 unspecified atom stereocenters. The molecule has 82 valence electrons. The Kier molecular flexibility index (Phi) is 6.64. The van der Waals surface area contributed by atoms with Gasteiger partial charge in [0.2, 0.25) is 0 Å². The first-order valence-corrected chi connectivity index (χ1v) is 5.68. The van der Waals surface area contributed by atoms with Gasteiger partial charge >= 0.3 is 102 Å². The molecule has 15 heavy (non-hydrogen) atoms. The van der Waals surface area contributed by atoms with Crippen LogP contribution in [0.15, 0.2) is 0 Å². The molecule has 0 fully saturated rings. The fraction of sp³-hybridized carbons (Fsp3) is 0.615. The second-order valence-corrected chi connectivity index (χ2v) is 5.01. The molecule has 0 spiro atoms. The predicted octanol–water partition coefficient (Wildman–Crippen LogP) is 2.06. The molecule has 0 aromatic heterocycles. The van der Waals surface area contributed by atoms with E-state index in [2.05, 4.69) is 65.2 Å². The van der Waals surface area contributed by atoms with Crippen LogP contribution in [0.3, 0.4) is 0 Å². The molecule has 0 heterocycles. The Hall–Kier alpha value is -0.518. The number of hydrogen-bond donors (Lipinski definition) is 0. The fourth-order valence-corrected chi connectivity index (χ4v) is 1.01. The minimum atomic E-state index is 0.0547. The first kappa shape index (κ1) is 14.5. The van der Waals surface area contributed by atoms with E-state index in [-0.39, 0.29) is 5.41 Å². The van der Waals surface area contributed by atoms with Crippen LogP contribution in [0.4, 0.5) is 0 Å². The average Bonchev–Trinajstić information content (AvgIpc) is 2.13. The summed E-state index contributed by atoms with van der Waals surface area (Å²) in [5, 5.41) is 0. The maximum atomic E-state index is 3.20. The zero-order chi connectivity index (χ0) is 11.9. The van der Waals surface area contributed by atoms with Gasteiger partial charge < -0.3 is 0 Å². The van der Waals surface area contributed by atoms with Gasteiger partial charge in [-0.25, -0.2) is 0 Å². The van der Waals surface area contributed by atoms with Gasteiger partial charge in [-0.1, -0.05) is 0 Å². The Morgan fingerprint density at radius 3 is 2.40 bits per heavy atom. The van der Waals surface area contributed by atoms with Crippen molar-refractivity contribution in [2.75, 3.05) is 13.6 Å². The van der Waals surface area contributed by atoms with Crippen LogP contribution in [0.25, 0.3) is 0 Å². The minimum absolute atomic E-state index is 0.0547. The molecule has 0 bridgehead atoms. The molecule has 0 N–H and O–H groups in total. The van der Waals surface area contributed by atoms with Gasteiger partial charge in [-0.05, 0) is 0 Å². The summed E-state index contributed by atoms with van der Waals surface area (Å²) in [5.41, 5.74) is 0.0547. The van der Waals surface area contributed by atoms with Gasteiger partial charge in [0.25, 0.3) is 0 Å². The summed E-state index contributed by atoms with van der Waals surface area (Å²) in [4.78, 5) is 2.10. The van der Waals surface area contributed by atoms with Gasteiger partial charge in [0.1, 0.15) is 0 Å². The van der Waals surface area contributed by atoms with Gasteiger partial charge in [-0.3, -0.25) is 0 Å². The fourth-order valence-electron chi connectivity index (χ4n) is 0.787. The van der Waals surface area contributed by atoms with Crippen molar-refractivity contribution >= 4 is 4.50 Å². The summed E-state index contributed by atoms with van der Waals surface area (Å²) in [6.07, 6.45) is 0.884. The molecule has 2 heteroatoms. The average molecular weight is 241 g/mol. The number of hydrogen-bond acceptors (Lipinski definition) is 1. The zero-order valence-electron chi connectivity index (χ0n) is 10.3. The Labute approximate surface area is 102 Å². The molecule has 0 rings (SSSR count). The van der Waals surface area contributed by atoms with E-state index in [0.29, 0.717) is 0 Å². The van der Waals surface area contributed by atoms with Crippen LogP contribution < -0.4 is 0 Å². The van der Waals surface area contributed by atoms with E-state index < -0.39 is 0 Å². The first-order valence-electron chi connectivity index (χ1n) is 5.04. The van der Waals surface area contributed by atoms with Gasteiger partial charge in [-0.2, -0.15) is 0 Å². The van der Waals surface area contributed by atoms with Crippen LogP contribution in [-0.2, 0) is 15.9 Å². The van der Waals surface area contributed by atoms with Crippen molar-refractivity contribution in [1.82, 2.24) is 4.90 Å². The quantitative estimate of drug-likeness (QED) is 0.684. The third-order valence-corrected chi connectivity index (χ3v) is 2.29. The maximum absolute atomic E-state index is 3.20. The van der Waals surface area contributed by atoms with Crippen LogP contribution in [0, 0.1) is 29.1 Å². The third kappa shape index (κ3) is 8.48. The van der Waals surface area contributed by atoms with E-state index in [1.807, 2.05) is 14.0 Å². The van der Waals surface area contributed by atoms with Crippen LogP contribution in [-0.4, -0.2) is 23.0 Å². The standard InChI is InChI=1S/C13H19N.Cr/c1-6-7-8-11-14(5)12-9-10-13(2,3)4;/h8,11H2,1-5H3;. The van der Waals surface area contributed by atoms with E-state index in [9.17, 15) is 0 Å². The summed E-state index contributed by atoms with van der Waals surface area (Å²) in [5.74, 6) is 12.3. The topological polar surface area (TPSA) is 3.24 Å². The van der Waals surface area contributed by atoms with Gasteiger partial charge in [0.15, 0.2) is 0 Å². The zero-order valence-corrected chi connectivity index (χ0v) is 11.5. The van der Waals surface area contributed by atoms with Crippen LogP contribution in [0.5, 0.6) is 0 Å². The molecule has 0 saturated heterocycles. The van der Waals surface area contributed by atoms with E-state index in [0.717, 1.165) is 17.5 Å². The van der Waals surface area contributed by atoms with Crippen molar-refractivity contribution in [3.05, 3.63) is 0 Å². The van der Waals surface area contributed by atoms with Gasteiger partial charge in [-0.15, -0.1) is 0 Å². The van der Waals surface area contributed by atoms with Crippen molar-refractivity contribution in [3.8, 4) is 23.7 Å². The van der Waals surface area contributed by atoms with Gasteiger partial charge in [0.05, 0.1) is 0 Å². The SMILES string of the molecule is CC#CCCN(C)[C](=[Cr])C#CC(C)(C)C. The summed E-state index contributed by atoms with van der Waals surface area (Å²) >= 11 is 3.00. The normalized spacial score (nSPS) is 10.0. The van der Waals surface area contributed by atoms with Crippen LogP contribution in [0.2, 0.25) is 0 Å². The summed E-state index contributed by atoms with van der Waals surface area (Å²) < 4.78 is 0.989. The number of rotatable bonds is 3. The van der Waals surface area contributed by atoms with E-state index >= 15 is 0 Å². The predicted molar refractivity (Wildman–Crippen MR) is 62.9 cm³/mol. The van der Waals surface area contributed by atoms with Gasteiger partial charge in [0, 0.05) is 0 Å². The monoisotopic (exact) mass is 241 g/mol. The molecule has 0 amide bonds. The molecule has 0 aliphatic rings. The van der Waals surface area contributed by atoms with E-state index in [1.165, 1.54) is 0 Å². The first-order chi connectivity index (χ1) is 6.87. The molecule has 0 aliphatic carbocycles. The van der Waals surface area contributed by atoms with Crippen LogP contribution >= 0.6 is 0 Å². The summed E-state index contributed by atoms with van der Waals surface area (Å²) in [6, 6.07) is 0. The third-order valence-electron chi connectivity index (χ3n) is 1.64. The Balaban J connectivity index is 4.18.